The minimum absolute atomic E-state index is 0.0274. The van der Waals surface area contributed by atoms with Crippen LogP contribution in [0.1, 0.15) is 23.7 Å². The molecule has 1 N–H and O–H groups in total. The number of imidazole rings is 1. The highest BCUT2D eigenvalue weighted by Crippen LogP contribution is 2.36. The van der Waals surface area contributed by atoms with Gasteiger partial charge in [-0.2, -0.15) is 5.10 Å². The number of amides is 1. The first kappa shape index (κ1) is 14.5. The van der Waals surface area contributed by atoms with Crippen molar-refractivity contribution < 1.29 is 9.53 Å². The number of carbonyl (C=O) groups is 1. The van der Waals surface area contributed by atoms with E-state index in [9.17, 15) is 4.79 Å². The predicted octanol–water partition coefficient (Wildman–Crippen LogP) is 2.09. The lowest BCUT2D eigenvalue weighted by Crippen LogP contribution is -2.25. The van der Waals surface area contributed by atoms with Crippen molar-refractivity contribution in [2.24, 2.45) is 7.05 Å². The molecular weight excluding hydrogens is 306 g/mol. The number of hydrogen-bond acceptors (Lipinski definition) is 4. The van der Waals surface area contributed by atoms with Gasteiger partial charge in [-0.3, -0.25) is 9.48 Å². The fourth-order valence-electron chi connectivity index (χ4n) is 3.11. The standard InChI is InChI=1S/C17H17N5O2/c1-21-17-14(10-19-21)13(9-15(23)20-17)16-18-7-8-22(16)11-3-5-12(24-2)6-4-11/h3-8,10,13H,9H2,1-2H3,(H,20,23). The highest BCUT2D eigenvalue weighted by Gasteiger charge is 2.32. The maximum atomic E-state index is 12.1. The Balaban J connectivity index is 1.78. The fourth-order valence-corrected chi connectivity index (χ4v) is 3.11. The van der Waals surface area contributed by atoms with Crippen molar-refractivity contribution in [3.05, 3.63) is 54.2 Å². The normalized spacial score (nSPS) is 16.6. The van der Waals surface area contributed by atoms with E-state index in [1.807, 2.05) is 42.1 Å². The summed E-state index contributed by atoms with van der Waals surface area (Å²) in [6.07, 6.45) is 5.81. The van der Waals surface area contributed by atoms with Crippen LogP contribution in [0, 0.1) is 0 Å². The lowest BCUT2D eigenvalue weighted by atomic mass is 9.93. The molecule has 3 heterocycles. The summed E-state index contributed by atoms with van der Waals surface area (Å²) >= 11 is 0. The molecule has 3 aromatic rings. The van der Waals surface area contributed by atoms with Gasteiger partial charge in [0.15, 0.2) is 0 Å². The second kappa shape index (κ2) is 5.52. The van der Waals surface area contributed by atoms with E-state index in [1.165, 1.54) is 0 Å². The number of ether oxygens (including phenoxy) is 1. The van der Waals surface area contributed by atoms with Gasteiger partial charge in [0.2, 0.25) is 5.91 Å². The molecule has 4 rings (SSSR count). The molecular formula is C17H17N5O2. The van der Waals surface area contributed by atoms with E-state index in [0.717, 1.165) is 28.6 Å². The van der Waals surface area contributed by atoms with E-state index in [2.05, 4.69) is 15.4 Å². The number of benzene rings is 1. The van der Waals surface area contributed by atoms with Crippen LogP contribution in [0.5, 0.6) is 5.75 Å². The Bertz CT molecular complexity index is 894. The molecule has 2 aromatic heterocycles. The van der Waals surface area contributed by atoms with Crippen LogP contribution in [-0.4, -0.2) is 32.3 Å². The Morgan fingerprint density at radius 2 is 2.08 bits per heavy atom. The first-order chi connectivity index (χ1) is 11.7. The molecule has 122 valence electrons. The van der Waals surface area contributed by atoms with Crippen molar-refractivity contribution >= 4 is 11.7 Å². The van der Waals surface area contributed by atoms with E-state index < -0.39 is 0 Å². The maximum absolute atomic E-state index is 12.1. The Morgan fingerprint density at radius 3 is 2.83 bits per heavy atom. The summed E-state index contributed by atoms with van der Waals surface area (Å²) in [6.45, 7) is 0. The first-order valence-electron chi connectivity index (χ1n) is 7.67. The van der Waals surface area contributed by atoms with Crippen LogP contribution in [0.2, 0.25) is 0 Å². The molecule has 1 aliphatic heterocycles. The summed E-state index contributed by atoms with van der Waals surface area (Å²) < 4.78 is 8.89. The van der Waals surface area contributed by atoms with E-state index >= 15 is 0 Å². The van der Waals surface area contributed by atoms with Crippen molar-refractivity contribution in [2.45, 2.75) is 12.3 Å². The zero-order valence-corrected chi connectivity index (χ0v) is 13.4. The second-order valence-electron chi connectivity index (χ2n) is 5.73. The summed E-state index contributed by atoms with van der Waals surface area (Å²) in [6, 6.07) is 7.75. The monoisotopic (exact) mass is 323 g/mol. The average molecular weight is 323 g/mol. The molecule has 0 aliphatic carbocycles. The highest BCUT2D eigenvalue weighted by atomic mass is 16.5. The average Bonchev–Trinajstić information content (AvgIpc) is 3.22. The molecule has 0 radical (unpaired) electrons. The summed E-state index contributed by atoms with van der Waals surface area (Å²) in [5, 5.41) is 7.15. The van der Waals surface area contributed by atoms with Crippen molar-refractivity contribution in [3.63, 3.8) is 0 Å². The molecule has 0 spiro atoms. The Morgan fingerprint density at radius 1 is 1.29 bits per heavy atom. The minimum atomic E-state index is -0.125. The number of hydrogen-bond donors (Lipinski definition) is 1. The highest BCUT2D eigenvalue weighted by molar-refractivity contribution is 5.94. The van der Waals surface area contributed by atoms with Crippen molar-refractivity contribution in [1.29, 1.82) is 0 Å². The van der Waals surface area contributed by atoms with Gasteiger partial charge in [0.05, 0.1) is 19.2 Å². The number of aromatic nitrogens is 4. The van der Waals surface area contributed by atoms with Crippen molar-refractivity contribution in [3.8, 4) is 11.4 Å². The molecule has 1 unspecified atom stereocenters. The molecule has 24 heavy (non-hydrogen) atoms. The van der Waals surface area contributed by atoms with Crippen LogP contribution in [0.15, 0.2) is 42.9 Å². The third-order valence-corrected chi connectivity index (χ3v) is 4.32. The molecule has 1 amide bonds. The molecule has 1 aromatic carbocycles. The van der Waals surface area contributed by atoms with Gasteiger partial charge < -0.3 is 14.6 Å². The minimum Gasteiger partial charge on any atom is -0.497 e. The van der Waals surface area contributed by atoms with Gasteiger partial charge in [0, 0.05) is 37.1 Å². The molecule has 1 atom stereocenters. The van der Waals surface area contributed by atoms with Crippen molar-refractivity contribution in [2.75, 3.05) is 12.4 Å². The maximum Gasteiger partial charge on any atom is 0.226 e. The van der Waals surface area contributed by atoms with Crippen LogP contribution < -0.4 is 10.1 Å². The number of nitrogens with zero attached hydrogens (tertiary/aromatic N) is 4. The number of carbonyl (C=O) groups excluding carboxylic acids is 1. The van der Waals surface area contributed by atoms with Gasteiger partial charge in [0.25, 0.3) is 0 Å². The van der Waals surface area contributed by atoms with Crippen LogP contribution in [0.25, 0.3) is 5.69 Å². The first-order valence-corrected chi connectivity index (χ1v) is 7.67. The Hall–Kier alpha value is -3.09. The largest absolute Gasteiger partial charge is 0.497 e. The van der Waals surface area contributed by atoms with E-state index in [-0.39, 0.29) is 11.8 Å². The third kappa shape index (κ3) is 2.25. The zero-order chi connectivity index (χ0) is 16.7. The van der Waals surface area contributed by atoms with Gasteiger partial charge in [-0.15, -0.1) is 0 Å². The SMILES string of the molecule is COc1ccc(-n2ccnc2C2CC(=O)Nc3c2cnn3C)cc1. The molecule has 7 heteroatoms. The van der Waals surface area contributed by atoms with E-state index in [0.29, 0.717) is 6.42 Å². The number of rotatable bonds is 3. The summed E-state index contributed by atoms with van der Waals surface area (Å²) in [5.41, 5.74) is 1.96. The predicted molar refractivity (Wildman–Crippen MR) is 88.4 cm³/mol. The van der Waals surface area contributed by atoms with Crippen LogP contribution >= 0.6 is 0 Å². The molecule has 7 nitrogen and oxygen atoms in total. The van der Waals surface area contributed by atoms with Crippen LogP contribution in [-0.2, 0) is 11.8 Å². The number of anilines is 1. The lowest BCUT2D eigenvalue weighted by molar-refractivity contribution is -0.116. The number of methoxy groups -OCH3 is 1. The van der Waals surface area contributed by atoms with E-state index in [1.54, 1.807) is 24.2 Å². The third-order valence-electron chi connectivity index (χ3n) is 4.32. The smallest absolute Gasteiger partial charge is 0.226 e. The van der Waals surface area contributed by atoms with Gasteiger partial charge in [0.1, 0.15) is 17.4 Å². The Kier molecular flexibility index (Phi) is 3.34. The topological polar surface area (TPSA) is 74.0 Å². The van der Waals surface area contributed by atoms with Gasteiger partial charge >= 0.3 is 0 Å². The van der Waals surface area contributed by atoms with Gasteiger partial charge in [-0.05, 0) is 24.3 Å². The molecule has 0 saturated heterocycles. The zero-order valence-electron chi connectivity index (χ0n) is 13.4. The quantitative estimate of drug-likeness (QED) is 0.801. The van der Waals surface area contributed by atoms with Crippen molar-refractivity contribution in [1.82, 2.24) is 19.3 Å². The van der Waals surface area contributed by atoms with Crippen LogP contribution in [0.3, 0.4) is 0 Å². The number of fused-ring (bicyclic) bond motifs is 1. The fraction of sp³-hybridized carbons (Fsp3) is 0.235. The van der Waals surface area contributed by atoms with E-state index in [4.69, 9.17) is 4.74 Å². The second-order valence-corrected chi connectivity index (χ2v) is 5.73. The molecule has 0 bridgehead atoms. The lowest BCUT2D eigenvalue weighted by Gasteiger charge is -2.23. The van der Waals surface area contributed by atoms with Gasteiger partial charge in [-0.1, -0.05) is 0 Å². The van der Waals surface area contributed by atoms with Crippen LogP contribution in [0.4, 0.5) is 5.82 Å². The molecule has 0 saturated carbocycles. The molecule has 1 aliphatic rings. The molecule has 0 fully saturated rings. The number of nitrogens with one attached hydrogen (secondary N) is 1. The summed E-state index contributed by atoms with van der Waals surface area (Å²) in [4.78, 5) is 16.6. The summed E-state index contributed by atoms with van der Waals surface area (Å²) in [5.74, 6) is 2.21. The Labute approximate surface area is 138 Å². The summed E-state index contributed by atoms with van der Waals surface area (Å²) in [7, 11) is 3.46. The number of aryl methyl sites for hydroxylation is 1. The van der Waals surface area contributed by atoms with Gasteiger partial charge in [-0.25, -0.2) is 4.98 Å².